The Kier molecular flexibility index (Phi) is 43.7. The number of aliphatic hydroxyl groups is 9. The van der Waals surface area contributed by atoms with E-state index in [1.807, 2.05) is 0 Å². The summed E-state index contributed by atoms with van der Waals surface area (Å²) >= 11 is 0. The molecule has 99 heavy (non-hydrogen) atoms. The highest BCUT2D eigenvalue weighted by molar-refractivity contribution is 7.46. The van der Waals surface area contributed by atoms with Gasteiger partial charge in [0.25, 0.3) is 0 Å². The number of rotatable bonds is 52. The molecule has 0 aliphatic carbocycles. The van der Waals surface area contributed by atoms with Crippen molar-refractivity contribution in [1.82, 2.24) is 37.2 Å². The van der Waals surface area contributed by atoms with Gasteiger partial charge < -0.3 is 121 Å². The van der Waals surface area contributed by atoms with Crippen molar-refractivity contribution in [3.05, 3.63) is 0 Å². The molecule has 18 N–H and O–H groups in total. The van der Waals surface area contributed by atoms with E-state index in [0.717, 1.165) is 0 Å². The topological polar surface area (TPSA) is 542 Å². The molecule has 36 heteroatoms. The lowest BCUT2D eigenvalue weighted by Crippen LogP contribution is -2.64. The minimum atomic E-state index is -4.54. The number of phosphoric ester groups is 1. The average molecular weight is 1450 g/mol. The molecule has 3 heterocycles. The number of amides is 7. The SMILES string of the molecule is CC(=O)N[C@H]1[C@H](OCCCCC(=O)CCCCC[C@H](NC(=O)CCCCO[C@@H]2O[C@H](CO)[C@H](O)[C@H](O)[C@H]2NC(C)=O)C(=O)N[C@@H](CCCCNC(=O)CCCCO[C@@H]2O[C@H](CO)[C@H](O)[C@H](O)[C@H]2NC(C)=O)C(=O)CCCCC(=O)NCCCCCCOP(=O)(O)O)O[C@H](CO)[C@H](O)[C@@H]1O. The summed E-state index contributed by atoms with van der Waals surface area (Å²) in [7, 11) is -4.54. The number of carbonyl (C=O) groups is 9. The zero-order valence-corrected chi connectivity index (χ0v) is 58.1. The predicted octanol–water partition coefficient (Wildman–Crippen LogP) is -2.93. The number of aliphatic hydroxyl groups excluding tert-OH is 9. The van der Waals surface area contributed by atoms with Gasteiger partial charge in [-0.2, -0.15) is 0 Å². The Balaban J connectivity index is 1.65. The van der Waals surface area contributed by atoms with Crippen LogP contribution in [-0.2, 0) is 80.7 Å². The van der Waals surface area contributed by atoms with E-state index in [4.69, 9.17) is 38.2 Å². The van der Waals surface area contributed by atoms with Gasteiger partial charge in [0, 0.05) is 92.2 Å². The van der Waals surface area contributed by atoms with Crippen LogP contribution in [0.4, 0.5) is 0 Å². The number of unbranched alkanes of at least 4 members (excludes halogenated alkanes) is 10. The Morgan fingerprint density at radius 2 is 0.747 bits per heavy atom. The fourth-order valence-electron chi connectivity index (χ4n) is 11.4. The fourth-order valence-corrected chi connectivity index (χ4v) is 11.7. The molecule has 3 saturated heterocycles. The lowest BCUT2D eigenvalue weighted by Gasteiger charge is -2.42. The van der Waals surface area contributed by atoms with Crippen molar-refractivity contribution < 1.29 is 136 Å². The molecule has 0 spiro atoms. The summed E-state index contributed by atoms with van der Waals surface area (Å²) in [5, 5.41) is 110. The molecule has 17 atom stereocenters. The van der Waals surface area contributed by atoms with Crippen molar-refractivity contribution in [2.75, 3.05) is 59.3 Å². The Morgan fingerprint density at radius 3 is 1.17 bits per heavy atom. The molecule has 0 aromatic rings. The molecule has 3 fully saturated rings. The van der Waals surface area contributed by atoms with E-state index < -0.39 is 161 Å². The molecule has 0 aromatic carbocycles. The minimum Gasteiger partial charge on any atom is -0.394 e. The van der Waals surface area contributed by atoms with E-state index >= 15 is 0 Å². The quantitative estimate of drug-likeness (QED) is 0.0214. The average Bonchev–Trinajstić information content (AvgIpc) is 0.825. The Morgan fingerprint density at radius 1 is 0.404 bits per heavy atom. The smallest absolute Gasteiger partial charge is 0.394 e. The maximum absolute atomic E-state index is 14.4. The molecule has 0 unspecified atom stereocenters. The van der Waals surface area contributed by atoms with E-state index in [2.05, 4.69) is 41.7 Å². The van der Waals surface area contributed by atoms with Crippen LogP contribution in [0.1, 0.15) is 181 Å². The van der Waals surface area contributed by atoms with E-state index in [9.17, 15) is 93.7 Å². The van der Waals surface area contributed by atoms with Gasteiger partial charge in [-0.3, -0.25) is 47.7 Å². The maximum atomic E-state index is 14.4. The van der Waals surface area contributed by atoms with Crippen molar-refractivity contribution in [2.24, 2.45) is 0 Å². The van der Waals surface area contributed by atoms with Crippen molar-refractivity contribution in [3.8, 4) is 0 Å². The van der Waals surface area contributed by atoms with Crippen molar-refractivity contribution in [3.63, 3.8) is 0 Å². The molecule has 572 valence electrons. The third-order valence-corrected chi connectivity index (χ3v) is 17.3. The van der Waals surface area contributed by atoms with Gasteiger partial charge in [-0.15, -0.1) is 0 Å². The summed E-state index contributed by atoms with van der Waals surface area (Å²) in [4.78, 5) is 134. The van der Waals surface area contributed by atoms with Gasteiger partial charge in [-0.05, 0) is 96.3 Å². The Bertz CT molecular complexity index is 2470. The molecule has 0 aromatic heterocycles. The highest BCUT2D eigenvalue weighted by atomic mass is 31.2. The van der Waals surface area contributed by atoms with Gasteiger partial charge in [-0.25, -0.2) is 4.57 Å². The first-order chi connectivity index (χ1) is 47.1. The maximum Gasteiger partial charge on any atom is 0.469 e. The number of Topliss-reactive ketones (excluding diaryl/α,β-unsaturated/α-hetero) is 2. The summed E-state index contributed by atoms with van der Waals surface area (Å²) in [5.74, 6) is -3.66. The second-order valence-electron chi connectivity index (χ2n) is 25.2. The van der Waals surface area contributed by atoms with Crippen LogP contribution in [0.3, 0.4) is 0 Å². The molecular weight excluding hydrogens is 1330 g/mol. The first-order valence-electron chi connectivity index (χ1n) is 34.5. The lowest BCUT2D eigenvalue weighted by atomic mass is 9.97. The normalized spacial score (nSPS) is 26.1. The molecule has 3 aliphatic rings. The first-order valence-corrected chi connectivity index (χ1v) is 36.0. The number of hydrogen-bond acceptors (Lipinski definition) is 26. The molecule has 0 radical (unpaired) electrons. The van der Waals surface area contributed by atoms with E-state index in [1.165, 1.54) is 20.8 Å². The molecule has 35 nitrogen and oxygen atoms in total. The largest absolute Gasteiger partial charge is 0.469 e. The van der Waals surface area contributed by atoms with Gasteiger partial charge in [0.05, 0.1) is 32.5 Å². The minimum absolute atomic E-state index is 0.0212. The van der Waals surface area contributed by atoms with Gasteiger partial charge in [-0.1, -0.05) is 25.7 Å². The van der Waals surface area contributed by atoms with Crippen LogP contribution >= 0.6 is 7.82 Å². The van der Waals surface area contributed by atoms with Crippen molar-refractivity contribution in [1.29, 1.82) is 0 Å². The number of ether oxygens (including phenoxy) is 6. The van der Waals surface area contributed by atoms with Gasteiger partial charge >= 0.3 is 7.82 Å². The summed E-state index contributed by atoms with van der Waals surface area (Å²) in [6.07, 6.45) is -8.45. The fraction of sp³-hybridized carbons (Fsp3) is 0.857. The standard InChI is InChI=1S/C63H112N7O28P/c1-38(74)66-51-57(85)54(82)45(35-71)96-61(51)92-31-18-12-22-41(77)21-7-6-8-24-43(69-50(81)28-14-20-33-94-63-53(68-40(3)76)59(87)56(84)47(37-73)98-63)60(88)70-42(44(78)25-9-10-26-48(79)64-29-15-4-5-17-34-95-99(89,90)91)23-11-16-30-65-49(80)27-13-19-32-93-62-52(67-39(2)75)58(86)55(83)46(36-72)97-62/h42-43,45-47,51-59,61-63,71-73,82-87H,4-37H2,1-3H3,(H,64,79)(H,65,80)(H,66,74)(H,67,75)(H,68,76)(H,69,81)(H,70,88)(H2,89,90,91)/t42-,43-,45+,46+,47+,51+,52+,53+,54-,55-,56-,57+,58+,59+,61+,62+,63+/m0/s1. The Hall–Kier alpha value is -4.86. The first kappa shape index (κ1) is 88.4. The van der Waals surface area contributed by atoms with E-state index in [-0.39, 0.29) is 127 Å². The lowest BCUT2D eigenvalue weighted by molar-refractivity contribution is -0.270. The number of carbonyl (C=O) groups excluding carboxylic acids is 9. The molecule has 7 amide bonds. The summed E-state index contributed by atoms with van der Waals surface area (Å²) in [6, 6.07) is -5.62. The molecule has 0 saturated carbocycles. The van der Waals surface area contributed by atoms with Crippen molar-refractivity contribution >= 4 is 60.7 Å². The van der Waals surface area contributed by atoms with Crippen LogP contribution in [0.15, 0.2) is 0 Å². The summed E-state index contributed by atoms with van der Waals surface area (Å²) in [5.41, 5.74) is 0. The van der Waals surface area contributed by atoms with E-state index in [1.54, 1.807) is 0 Å². The van der Waals surface area contributed by atoms with Crippen LogP contribution in [0, 0.1) is 0 Å². The number of phosphoric acid groups is 1. The van der Waals surface area contributed by atoms with Crippen LogP contribution in [0.2, 0.25) is 0 Å². The second kappa shape index (κ2) is 48.9. The predicted molar refractivity (Wildman–Crippen MR) is 347 cm³/mol. The summed E-state index contributed by atoms with van der Waals surface area (Å²) < 4.78 is 49.4. The van der Waals surface area contributed by atoms with Gasteiger partial charge in [0.1, 0.15) is 84.9 Å². The summed E-state index contributed by atoms with van der Waals surface area (Å²) in [6.45, 7) is 2.30. The number of hydrogen-bond donors (Lipinski definition) is 18. The Labute approximate surface area is 577 Å². The van der Waals surface area contributed by atoms with Crippen LogP contribution in [0.25, 0.3) is 0 Å². The van der Waals surface area contributed by atoms with Crippen LogP contribution < -0.4 is 37.2 Å². The monoisotopic (exact) mass is 1450 g/mol. The third-order valence-electron chi connectivity index (χ3n) is 16.8. The third kappa shape index (κ3) is 35.3. The molecular formula is C63H112N7O28P. The highest BCUT2D eigenvalue weighted by Crippen LogP contribution is 2.36. The zero-order chi connectivity index (χ0) is 73.5. The zero-order valence-electron chi connectivity index (χ0n) is 57.2. The molecule has 0 bridgehead atoms. The van der Waals surface area contributed by atoms with Gasteiger partial charge in [0.2, 0.25) is 41.4 Å². The highest BCUT2D eigenvalue weighted by Gasteiger charge is 2.48. The molecule has 3 rings (SSSR count). The van der Waals surface area contributed by atoms with E-state index in [0.29, 0.717) is 96.4 Å². The second-order valence-corrected chi connectivity index (χ2v) is 26.4. The van der Waals surface area contributed by atoms with Crippen molar-refractivity contribution in [2.45, 2.75) is 285 Å². The number of nitrogens with one attached hydrogen (secondary N) is 7. The van der Waals surface area contributed by atoms with Crippen LogP contribution in [-0.4, -0.2) is 272 Å². The number of ketones is 2. The van der Waals surface area contributed by atoms with Crippen LogP contribution in [0.5, 0.6) is 0 Å². The van der Waals surface area contributed by atoms with Gasteiger partial charge in [0.15, 0.2) is 24.7 Å². The molecule has 3 aliphatic heterocycles.